The summed E-state index contributed by atoms with van der Waals surface area (Å²) in [6.07, 6.45) is 0. The number of carbonyl (C=O) groups excluding carboxylic acids is 1. The molecule has 1 aliphatic rings. The number of fused-ring (bicyclic) bond motifs is 3. The van der Waals surface area contributed by atoms with E-state index < -0.39 is 0 Å². The van der Waals surface area contributed by atoms with Gasteiger partial charge in [0.15, 0.2) is 5.78 Å². The van der Waals surface area contributed by atoms with Crippen LogP contribution in [0.4, 0.5) is 4.39 Å². The molecule has 0 fully saturated rings. The molecule has 0 bridgehead atoms. The van der Waals surface area contributed by atoms with Gasteiger partial charge in [0.05, 0.1) is 36.4 Å². The summed E-state index contributed by atoms with van der Waals surface area (Å²) in [5.74, 6) is 1.10. The minimum absolute atomic E-state index is 0.0626. The maximum atomic E-state index is 14.8. The second kappa shape index (κ2) is 8.13. The van der Waals surface area contributed by atoms with E-state index >= 15 is 0 Å². The maximum Gasteiger partial charge on any atom is 0.159 e. The Bertz CT molecular complexity index is 1420. The Morgan fingerprint density at radius 3 is 2.48 bits per heavy atom. The molecule has 33 heavy (non-hydrogen) atoms. The highest BCUT2D eigenvalue weighted by atomic mass is 19.1. The molecule has 3 aromatic carbocycles. The number of hydrogen-bond donors (Lipinski definition) is 0. The predicted molar refractivity (Wildman–Crippen MR) is 126 cm³/mol. The number of halogens is 1. The van der Waals surface area contributed by atoms with Crippen molar-refractivity contribution in [3.8, 4) is 22.7 Å². The summed E-state index contributed by atoms with van der Waals surface area (Å²) in [4.78, 5) is 21.8. The molecule has 0 N–H and O–H groups in total. The van der Waals surface area contributed by atoms with Crippen molar-refractivity contribution in [3.63, 3.8) is 0 Å². The van der Waals surface area contributed by atoms with Gasteiger partial charge in [0.25, 0.3) is 0 Å². The Morgan fingerprint density at radius 1 is 1.03 bits per heavy atom. The first kappa shape index (κ1) is 20.8. The minimum atomic E-state index is -0.360. The second-order valence-electron chi connectivity index (χ2n) is 7.96. The van der Waals surface area contributed by atoms with Crippen LogP contribution in [0.5, 0.6) is 5.75 Å². The monoisotopic (exact) mass is 439 g/mol. The molecule has 0 amide bonds. The van der Waals surface area contributed by atoms with Crippen molar-refractivity contribution < 1.29 is 13.9 Å². The van der Waals surface area contributed by atoms with E-state index in [1.165, 1.54) is 13.0 Å². The zero-order chi connectivity index (χ0) is 23.1. The zero-order valence-electron chi connectivity index (χ0n) is 18.6. The number of benzene rings is 3. The summed E-state index contributed by atoms with van der Waals surface area (Å²) in [5.41, 5.74) is 5.71. The van der Waals surface area contributed by atoms with E-state index in [1.54, 1.807) is 37.4 Å². The second-order valence-corrected chi connectivity index (χ2v) is 7.96. The number of ketones is 1. The number of aryl methyl sites for hydroxylation is 1. The number of methoxy groups -OCH3 is 1. The molecule has 6 heteroatoms. The quantitative estimate of drug-likeness (QED) is 0.392. The highest BCUT2D eigenvalue weighted by molar-refractivity contribution is 6.16. The average Bonchev–Trinajstić information content (AvgIpc) is 3.07. The molecule has 2 heterocycles. The van der Waals surface area contributed by atoms with Gasteiger partial charge in [-0.2, -0.15) is 0 Å². The van der Waals surface area contributed by atoms with Crippen LogP contribution < -0.4 is 4.74 Å². The van der Waals surface area contributed by atoms with Gasteiger partial charge in [-0.15, -0.1) is 0 Å². The Kier molecular flexibility index (Phi) is 5.13. The molecule has 1 aliphatic heterocycles. The molecule has 164 valence electrons. The van der Waals surface area contributed by atoms with Crippen LogP contribution in [0.25, 0.3) is 16.9 Å². The highest BCUT2D eigenvalue weighted by Crippen LogP contribution is 2.34. The lowest BCUT2D eigenvalue weighted by atomic mass is 9.96. The molecule has 0 unspecified atom stereocenters. The summed E-state index contributed by atoms with van der Waals surface area (Å²) in [6.45, 7) is 3.77. The number of aliphatic imine (C=N–C) groups is 1. The van der Waals surface area contributed by atoms with Gasteiger partial charge in [-0.3, -0.25) is 14.4 Å². The van der Waals surface area contributed by atoms with Crippen molar-refractivity contribution in [2.75, 3.05) is 7.11 Å². The zero-order valence-corrected chi connectivity index (χ0v) is 18.6. The van der Waals surface area contributed by atoms with Crippen LogP contribution in [0, 0.1) is 12.7 Å². The lowest BCUT2D eigenvalue weighted by molar-refractivity contribution is 0.101. The molecule has 4 aromatic rings. The van der Waals surface area contributed by atoms with Crippen LogP contribution in [0.3, 0.4) is 0 Å². The molecule has 0 radical (unpaired) electrons. The Labute approximate surface area is 191 Å². The lowest BCUT2D eigenvalue weighted by Gasteiger charge is -2.16. The lowest BCUT2D eigenvalue weighted by Crippen LogP contribution is -2.11. The van der Waals surface area contributed by atoms with E-state index in [4.69, 9.17) is 14.7 Å². The predicted octanol–water partition coefficient (Wildman–Crippen LogP) is 5.55. The first-order valence-corrected chi connectivity index (χ1v) is 10.7. The van der Waals surface area contributed by atoms with Crippen molar-refractivity contribution in [2.45, 2.75) is 20.4 Å². The van der Waals surface area contributed by atoms with Gasteiger partial charge in [-0.25, -0.2) is 9.37 Å². The number of Topliss-reactive ketones (excluding diaryl/α,β-unsaturated/α-hetero) is 1. The van der Waals surface area contributed by atoms with Gasteiger partial charge in [0, 0.05) is 22.3 Å². The SMILES string of the molecule is COc1ccc(-c2c(C)nc3n2-c2ccc(C(C)=O)cc2C(c2ccccc2F)=NC3)cc1. The largest absolute Gasteiger partial charge is 0.497 e. The van der Waals surface area contributed by atoms with E-state index in [0.29, 0.717) is 22.4 Å². The summed E-state index contributed by atoms with van der Waals surface area (Å²) >= 11 is 0. The van der Waals surface area contributed by atoms with Gasteiger partial charge in [0.1, 0.15) is 17.4 Å². The number of nitrogens with zero attached hydrogens (tertiary/aromatic N) is 3. The summed E-state index contributed by atoms with van der Waals surface area (Å²) in [7, 11) is 1.63. The standard InChI is InChI=1S/C27H22FN3O2/c1-16-27(18-8-11-20(33-3)12-9-18)31-24-13-10-19(17(2)32)14-22(24)26(29-15-25(31)30-16)21-6-4-5-7-23(21)28/h4-14H,15H2,1-3H3. The molecule has 0 saturated carbocycles. The average molecular weight is 439 g/mol. The van der Waals surface area contributed by atoms with Crippen LogP contribution >= 0.6 is 0 Å². The fraction of sp³-hybridized carbons (Fsp3) is 0.148. The highest BCUT2D eigenvalue weighted by Gasteiger charge is 2.26. The maximum absolute atomic E-state index is 14.8. The van der Waals surface area contributed by atoms with Crippen LogP contribution in [-0.4, -0.2) is 28.2 Å². The number of ether oxygens (including phenoxy) is 1. The van der Waals surface area contributed by atoms with Crippen molar-refractivity contribution in [3.05, 3.63) is 101 Å². The fourth-order valence-corrected chi connectivity index (χ4v) is 4.30. The number of aromatic nitrogens is 2. The van der Waals surface area contributed by atoms with E-state index in [1.807, 2.05) is 37.3 Å². The molecule has 0 saturated heterocycles. The van der Waals surface area contributed by atoms with Gasteiger partial charge in [0.2, 0.25) is 0 Å². The van der Waals surface area contributed by atoms with Crippen LogP contribution in [-0.2, 0) is 6.54 Å². The van der Waals surface area contributed by atoms with Crippen molar-refractivity contribution in [1.29, 1.82) is 0 Å². The minimum Gasteiger partial charge on any atom is -0.497 e. The van der Waals surface area contributed by atoms with E-state index in [0.717, 1.165) is 34.2 Å². The first-order chi connectivity index (χ1) is 16.0. The van der Waals surface area contributed by atoms with E-state index in [9.17, 15) is 9.18 Å². The summed E-state index contributed by atoms with van der Waals surface area (Å²) in [6, 6.07) is 19.8. The van der Waals surface area contributed by atoms with Gasteiger partial charge in [-0.05, 0) is 68.4 Å². The third-order valence-electron chi connectivity index (χ3n) is 5.89. The van der Waals surface area contributed by atoms with Gasteiger partial charge < -0.3 is 4.74 Å². The van der Waals surface area contributed by atoms with Crippen LogP contribution in [0.15, 0.2) is 71.7 Å². The molecular formula is C27H22FN3O2. The van der Waals surface area contributed by atoms with Crippen molar-refractivity contribution >= 4 is 11.5 Å². The van der Waals surface area contributed by atoms with Gasteiger partial charge in [-0.1, -0.05) is 12.1 Å². The number of imidazole rings is 1. The summed E-state index contributed by atoms with van der Waals surface area (Å²) < 4.78 is 22.2. The molecule has 0 spiro atoms. The van der Waals surface area contributed by atoms with Crippen molar-refractivity contribution in [1.82, 2.24) is 9.55 Å². The Balaban J connectivity index is 1.78. The summed E-state index contributed by atoms with van der Waals surface area (Å²) in [5, 5.41) is 0. The molecular weight excluding hydrogens is 417 g/mol. The normalized spacial score (nSPS) is 12.4. The molecule has 5 rings (SSSR count). The smallest absolute Gasteiger partial charge is 0.159 e. The fourth-order valence-electron chi connectivity index (χ4n) is 4.30. The molecule has 1 aromatic heterocycles. The molecule has 5 nitrogen and oxygen atoms in total. The molecule has 0 aliphatic carbocycles. The topological polar surface area (TPSA) is 56.5 Å². The van der Waals surface area contributed by atoms with Gasteiger partial charge >= 0.3 is 0 Å². The number of carbonyl (C=O) groups is 1. The Morgan fingerprint density at radius 2 is 1.79 bits per heavy atom. The van der Waals surface area contributed by atoms with Crippen LogP contribution in [0.1, 0.15) is 39.9 Å². The van der Waals surface area contributed by atoms with E-state index in [-0.39, 0.29) is 18.1 Å². The Hall–Kier alpha value is -4.06. The third kappa shape index (κ3) is 3.53. The first-order valence-electron chi connectivity index (χ1n) is 10.7. The third-order valence-corrected chi connectivity index (χ3v) is 5.89. The van der Waals surface area contributed by atoms with E-state index in [2.05, 4.69) is 4.57 Å². The number of hydrogen-bond acceptors (Lipinski definition) is 4. The van der Waals surface area contributed by atoms with Crippen molar-refractivity contribution in [2.24, 2.45) is 4.99 Å². The number of rotatable bonds is 4. The van der Waals surface area contributed by atoms with Crippen LogP contribution in [0.2, 0.25) is 0 Å². The molecule has 0 atom stereocenters.